The molecule has 1 aliphatic rings. The molecule has 1 aliphatic heterocycles. The van der Waals surface area contributed by atoms with Gasteiger partial charge in [-0.1, -0.05) is 23.7 Å². The van der Waals surface area contributed by atoms with Crippen LogP contribution in [0, 0.1) is 5.82 Å². The molecule has 0 bridgehead atoms. The number of halogens is 5. The number of ether oxygens (including phenoxy) is 1. The summed E-state index contributed by atoms with van der Waals surface area (Å²) >= 11 is 5.85. The number of piperazine rings is 1. The van der Waals surface area contributed by atoms with Gasteiger partial charge in [0.25, 0.3) is 5.91 Å². The molecule has 3 rings (SSSR count). The Labute approximate surface area is 209 Å². The van der Waals surface area contributed by atoms with E-state index in [0.29, 0.717) is 18.8 Å². The van der Waals surface area contributed by atoms with Crippen molar-refractivity contribution in [2.45, 2.75) is 12.7 Å². The maximum absolute atomic E-state index is 13.5. The van der Waals surface area contributed by atoms with E-state index in [9.17, 15) is 27.2 Å². The van der Waals surface area contributed by atoms with Crippen molar-refractivity contribution < 1.29 is 41.8 Å². The molecule has 0 radical (unpaired) electrons. The van der Waals surface area contributed by atoms with E-state index >= 15 is 0 Å². The Kier molecular flexibility index (Phi) is 10.5. The number of hydrogen-bond acceptors (Lipinski definition) is 5. The highest BCUT2D eigenvalue weighted by Crippen LogP contribution is 2.20. The van der Waals surface area contributed by atoms with Crippen LogP contribution in [0.25, 0.3) is 0 Å². The predicted octanol–water partition coefficient (Wildman–Crippen LogP) is 3.20. The van der Waals surface area contributed by atoms with E-state index in [1.54, 1.807) is 18.1 Å². The Morgan fingerprint density at radius 3 is 2.33 bits per heavy atom. The molecule has 0 unspecified atom stereocenters. The van der Waals surface area contributed by atoms with Gasteiger partial charge in [0.1, 0.15) is 18.1 Å². The maximum Gasteiger partial charge on any atom is 0.490 e. The molecule has 36 heavy (non-hydrogen) atoms. The number of aliphatic carboxylic acids is 1. The van der Waals surface area contributed by atoms with Crippen LogP contribution in [0.1, 0.15) is 15.9 Å². The Hall–Kier alpha value is -3.38. The summed E-state index contributed by atoms with van der Waals surface area (Å²) in [6.45, 7) is 2.78. The summed E-state index contributed by atoms with van der Waals surface area (Å²) in [5, 5.41) is 10.2. The zero-order chi connectivity index (χ0) is 26.9. The average Bonchev–Trinajstić information content (AvgIpc) is 2.85. The van der Waals surface area contributed by atoms with Gasteiger partial charge in [0.15, 0.2) is 0 Å². The topological polar surface area (TPSA) is 99.2 Å². The summed E-state index contributed by atoms with van der Waals surface area (Å²) in [4.78, 5) is 38.0. The van der Waals surface area contributed by atoms with Crippen molar-refractivity contribution >= 4 is 29.4 Å². The lowest BCUT2D eigenvalue weighted by molar-refractivity contribution is -0.192. The van der Waals surface area contributed by atoms with Crippen LogP contribution in [0.2, 0.25) is 5.02 Å². The third kappa shape index (κ3) is 8.68. The van der Waals surface area contributed by atoms with Gasteiger partial charge in [0, 0.05) is 38.3 Å². The van der Waals surface area contributed by atoms with E-state index in [0.717, 1.165) is 24.7 Å². The van der Waals surface area contributed by atoms with Gasteiger partial charge >= 0.3 is 12.1 Å². The number of nitrogens with one attached hydrogen (secondary N) is 1. The minimum Gasteiger partial charge on any atom is -0.497 e. The van der Waals surface area contributed by atoms with E-state index in [1.165, 1.54) is 17.0 Å². The first kappa shape index (κ1) is 28.9. The summed E-state index contributed by atoms with van der Waals surface area (Å²) in [6, 6.07) is 11.1. The lowest BCUT2D eigenvalue weighted by Crippen LogP contribution is -2.50. The summed E-state index contributed by atoms with van der Waals surface area (Å²) in [5.74, 6) is -3.21. The van der Waals surface area contributed by atoms with E-state index in [-0.39, 0.29) is 29.6 Å². The lowest BCUT2D eigenvalue weighted by atomic mass is 10.1. The number of hydrogen-bond donors (Lipinski definition) is 2. The van der Waals surface area contributed by atoms with Crippen LogP contribution < -0.4 is 10.1 Å². The molecule has 8 nitrogen and oxygen atoms in total. The minimum absolute atomic E-state index is 0.0783. The molecule has 1 fully saturated rings. The SMILES string of the molecule is COc1cccc(CN(CC(=O)N2CCNCC2)C(=O)c2ccc(F)c(Cl)c2)c1.O=C(O)C(F)(F)F. The molecule has 0 atom stereocenters. The zero-order valence-corrected chi connectivity index (χ0v) is 19.9. The number of rotatable bonds is 6. The Morgan fingerprint density at radius 1 is 1.14 bits per heavy atom. The quantitative estimate of drug-likeness (QED) is 0.553. The molecule has 2 aromatic rings. The number of alkyl halides is 3. The van der Waals surface area contributed by atoms with Crippen molar-refractivity contribution in [1.82, 2.24) is 15.1 Å². The van der Waals surface area contributed by atoms with Gasteiger partial charge < -0.3 is 25.0 Å². The van der Waals surface area contributed by atoms with Gasteiger partial charge in [-0.15, -0.1) is 0 Å². The van der Waals surface area contributed by atoms with Crippen molar-refractivity contribution in [2.24, 2.45) is 0 Å². The molecular formula is C23H24ClF4N3O5. The Bertz CT molecular complexity index is 1080. The van der Waals surface area contributed by atoms with E-state index in [1.807, 2.05) is 18.2 Å². The van der Waals surface area contributed by atoms with Gasteiger partial charge in [0.2, 0.25) is 5.91 Å². The summed E-state index contributed by atoms with van der Waals surface area (Å²) in [6.07, 6.45) is -5.08. The number of carboxylic acid groups (broad SMARTS) is 1. The average molecular weight is 534 g/mol. The van der Waals surface area contributed by atoms with E-state index in [4.69, 9.17) is 26.2 Å². The number of carboxylic acids is 1. The van der Waals surface area contributed by atoms with Crippen molar-refractivity contribution in [3.63, 3.8) is 0 Å². The first-order valence-electron chi connectivity index (χ1n) is 10.6. The van der Waals surface area contributed by atoms with Gasteiger partial charge in [-0.2, -0.15) is 13.2 Å². The van der Waals surface area contributed by atoms with Crippen LogP contribution >= 0.6 is 11.6 Å². The molecule has 1 saturated heterocycles. The lowest BCUT2D eigenvalue weighted by Gasteiger charge is -2.30. The predicted molar refractivity (Wildman–Crippen MR) is 122 cm³/mol. The smallest absolute Gasteiger partial charge is 0.490 e. The van der Waals surface area contributed by atoms with Gasteiger partial charge in [0.05, 0.1) is 12.1 Å². The third-order valence-electron chi connectivity index (χ3n) is 5.00. The van der Waals surface area contributed by atoms with Gasteiger partial charge in [-0.3, -0.25) is 9.59 Å². The number of carbonyl (C=O) groups excluding carboxylic acids is 2. The number of carbonyl (C=O) groups is 3. The second-order valence-corrected chi connectivity index (χ2v) is 7.98. The minimum atomic E-state index is -5.08. The number of methoxy groups -OCH3 is 1. The number of nitrogens with zero attached hydrogens (tertiary/aromatic N) is 2. The number of benzene rings is 2. The van der Waals surface area contributed by atoms with Crippen LogP contribution in [-0.2, 0) is 16.1 Å². The first-order chi connectivity index (χ1) is 16.9. The standard InChI is InChI=1S/C21H23ClFN3O3.C2HF3O2/c1-29-17-4-2-3-15(11-17)13-26(14-20(27)25-9-7-24-8-10-25)21(28)16-5-6-19(23)18(22)12-16;3-2(4,5)1(6)7/h2-6,11-12,24H,7-10,13-14H2,1H3;(H,6,7). The highest BCUT2D eigenvalue weighted by Gasteiger charge is 2.38. The van der Waals surface area contributed by atoms with Crippen LogP contribution in [-0.4, -0.2) is 78.7 Å². The highest BCUT2D eigenvalue weighted by molar-refractivity contribution is 6.31. The van der Waals surface area contributed by atoms with Crippen molar-refractivity contribution in [2.75, 3.05) is 39.8 Å². The highest BCUT2D eigenvalue weighted by atomic mass is 35.5. The molecular weight excluding hydrogens is 510 g/mol. The van der Waals surface area contributed by atoms with Crippen LogP contribution in [0.4, 0.5) is 17.6 Å². The molecule has 1 heterocycles. The summed E-state index contributed by atoms with van der Waals surface area (Å²) in [7, 11) is 1.57. The molecule has 13 heteroatoms. The molecule has 2 amide bonds. The monoisotopic (exact) mass is 533 g/mol. The van der Waals surface area contributed by atoms with Crippen LogP contribution in [0.3, 0.4) is 0 Å². The molecule has 2 aromatic carbocycles. The zero-order valence-electron chi connectivity index (χ0n) is 19.1. The van der Waals surface area contributed by atoms with E-state index in [2.05, 4.69) is 5.32 Å². The molecule has 2 N–H and O–H groups in total. The Balaban J connectivity index is 0.000000572. The molecule has 196 valence electrons. The molecule has 0 aromatic heterocycles. The van der Waals surface area contributed by atoms with Crippen molar-refractivity contribution in [3.8, 4) is 5.75 Å². The summed E-state index contributed by atoms with van der Waals surface area (Å²) < 4.78 is 50.5. The van der Waals surface area contributed by atoms with Crippen LogP contribution in [0.15, 0.2) is 42.5 Å². The first-order valence-corrected chi connectivity index (χ1v) is 11.0. The maximum atomic E-state index is 13.5. The fourth-order valence-corrected chi connectivity index (χ4v) is 3.36. The fourth-order valence-electron chi connectivity index (χ4n) is 3.18. The molecule has 0 saturated carbocycles. The Morgan fingerprint density at radius 2 is 1.78 bits per heavy atom. The van der Waals surface area contributed by atoms with Crippen molar-refractivity contribution in [1.29, 1.82) is 0 Å². The largest absolute Gasteiger partial charge is 0.497 e. The molecule has 0 aliphatic carbocycles. The van der Waals surface area contributed by atoms with Gasteiger partial charge in [-0.05, 0) is 35.9 Å². The van der Waals surface area contributed by atoms with Crippen LogP contribution in [0.5, 0.6) is 5.75 Å². The molecule has 0 spiro atoms. The van der Waals surface area contributed by atoms with E-state index < -0.39 is 23.9 Å². The second kappa shape index (κ2) is 13.1. The normalized spacial score (nSPS) is 13.3. The number of amides is 2. The third-order valence-corrected chi connectivity index (χ3v) is 5.29. The second-order valence-electron chi connectivity index (χ2n) is 7.58. The fraction of sp³-hybridized carbons (Fsp3) is 0.348. The van der Waals surface area contributed by atoms with Gasteiger partial charge in [-0.25, -0.2) is 9.18 Å². The summed E-state index contributed by atoms with van der Waals surface area (Å²) in [5.41, 5.74) is 1.05. The van der Waals surface area contributed by atoms with Crippen molar-refractivity contribution in [3.05, 3.63) is 64.4 Å².